The minimum Gasteiger partial charge on any atom is -0.497 e. The molecular weight excluding hydrogens is 386 g/mol. The molecule has 4 rings (SSSR count). The molecule has 4 aromatic rings. The first-order chi connectivity index (χ1) is 14.2. The summed E-state index contributed by atoms with van der Waals surface area (Å²) in [7, 11) is 1.64. The molecule has 0 amide bonds. The molecule has 144 valence electrons. The summed E-state index contributed by atoms with van der Waals surface area (Å²) >= 11 is 1.48. The van der Waals surface area contributed by atoms with Gasteiger partial charge in [0, 0.05) is 16.8 Å². The van der Waals surface area contributed by atoms with E-state index >= 15 is 0 Å². The van der Waals surface area contributed by atoms with Gasteiger partial charge in [0.25, 0.3) is 0 Å². The summed E-state index contributed by atoms with van der Waals surface area (Å²) in [6, 6.07) is 15.2. The average Bonchev–Trinajstić information content (AvgIpc) is 3.39. The van der Waals surface area contributed by atoms with Gasteiger partial charge in [0.1, 0.15) is 11.6 Å². The topological polar surface area (TPSA) is 78.9 Å². The average molecular weight is 403 g/mol. The summed E-state index contributed by atoms with van der Waals surface area (Å²) in [5.74, 6) is 5.68. The minimum absolute atomic E-state index is 0.476. The number of hydrogen-bond acceptors (Lipinski definition) is 7. The van der Waals surface area contributed by atoms with E-state index in [1.165, 1.54) is 11.8 Å². The van der Waals surface area contributed by atoms with Gasteiger partial charge in [-0.15, -0.1) is 16.6 Å². The number of rotatable bonds is 6. The lowest BCUT2D eigenvalue weighted by atomic mass is 10.1. The van der Waals surface area contributed by atoms with Crippen LogP contribution in [0, 0.1) is 19.3 Å². The summed E-state index contributed by atoms with van der Waals surface area (Å²) in [5.41, 5.74) is 2.61. The molecule has 0 fully saturated rings. The molecule has 0 aliphatic heterocycles. The Morgan fingerprint density at radius 2 is 1.86 bits per heavy atom. The lowest BCUT2D eigenvalue weighted by molar-refractivity contribution is 0.391. The van der Waals surface area contributed by atoms with E-state index in [0.29, 0.717) is 17.5 Å². The van der Waals surface area contributed by atoms with E-state index in [2.05, 4.69) is 26.3 Å². The van der Waals surface area contributed by atoms with Crippen LogP contribution >= 0.6 is 11.8 Å². The van der Waals surface area contributed by atoms with Crippen LogP contribution in [0.15, 0.2) is 58.2 Å². The van der Waals surface area contributed by atoms with Crippen molar-refractivity contribution in [2.45, 2.75) is 17.8 Å². The predicted molar refractivity (Wildman–Crippen MR) is 110 cm³/mol. The molecule has 2 heterocycles. The van der Waals surface area contributed by atoms with E-state index in [0.717, 1.165) is 33.5 Å². The molecule has 0 N–H and O–H groups in total. The zero-order valence-electron chi connectivity index (χ0n) is 15.9. The molecule has 2 aromatic carbocycles. The van der Waals surface area contributed by atoms with Crippen molar-refractivity contribution in [2.24, 2.45) is 0 Å². The highest BCUT2D eigenvalue weighted by Crippen LogP contribution is 2.26. The maximum Gasteiger partial charge on any atom is 0.237 e. The third-order valence-corrected chi connectivity index (χ3v) is 5.14. The molecule has 0 aliphatic rings. The smallest absolute Gasteiger partial charge is 0.237 e. The van der Waals surface area contributed by atoms with Crippen molar-refractivity contribution in [2.75, 3.05) is 7.11 Å². The van der Waals surface area contributed by atoms with Crippen LogP contribution in [-0.4, -0.2) is 32.0 Å². The second-order valence-corrected chi connectivity index (χ2v) is 7.03. The molecule has 7 nitrogen and oxygen atoms in total. The number of benzene rings is 2. The SMILES string of the molecule is C#Cc1ccc(-c2noc(CSc3nnc(C)n3-c3ccc(OC)cc3)n2)cc1. The Labute approximate surface area is 172 Å². The molecule has 0 saturated carbocycles. The highest BCUT2D eigenvalue weighted by Gasteiger charge is 2.15. The van der Waals surface area contributed by atoms with Crippen LogP contribution < -0.4 is 4.74 Å². The Morgan fingerprint density at radius 1 is 1.10 bits per heavy atom. The quantitative estimate of drug-likeness (QED) is 0.357. The monoisotopic (exact) mass is 403 g/mol. The van der Waals surface area contributed by atoms with Crippen molar-refractivity contribution in [1.29, 1.82) is 0 Å². The van der Waals surface area contributed by atoms with Crippen molar-refractivity contribution < 1.29 is 9.26 Å². The number of aryl methyl sites for hydroxylation is 1. The van der Waals surface area contributed by atoms with Crippen LogP contribution in [0.4, 0.5) is 0 Å². The van der Waals surface area contributed by atoms with E-state index in [9.17, 15) is 0 Å². The Hall–Kier alpha value is -3.57. The Kier molecular flexibility index (Phi) is 5.31. The fourth-order valence-corrected chi connectivity index (χ4v) is 3.57. The van der Waals surface area contributed by atoms with Crippen LogP contribution in [0.3, 0.4) is 0 Å². The molecule has 29 heavy (non-hydrogen) atoms. The van der Waals surface area contributed by atoms with Gasteiger partial charge in [0.2, 0.25) is 11.7 Å². The largest absolute Gasteiger partial charge is 0.497 e. The van der Waals surface area contributed by atoms with Gasteiger partial charge in [-0.1, -0.05) is 22.8 Å². The number of hydrogen-bond donors (Lipinski definition) is 0. The number of terminal acetylenes is 1. The van der Waals surface area contributed by atoms with Crippen LogP contribution in [0.25, 0.3) is 17.1 Å². The van der Waals surface area contributed by atoms with E-state index in [4.69, 9.17) is 15.7 Å². The first-order valence-corrected chi connectivity index (χ1v) is 9.75. The van der Waals surface area contributed by atoms with Gasteiger partial charge < -0.3 is 9.26 Å². The summed E-state index contributed by atoms with van der Waals surface area (Å²) in [6.07, 6.45) is 5.39. The van der Waals surface area contributed by atoms with Crippen molar-refractivity contribution in [1.82, 2.24) is 24.9 Å². The highest BCUT2D eigenvalue weighted by molar-refractivity contribution is 7.98. The van der Waals surface area contributed by atoms with Crippen LogP contribution in [0.5, 0.6) is 5.75 Å². The summed E-state index contributed by atoms with van der Waals surface area (Å²) < 4.78 is 12.6. The fourth-order valence-electron chi connectivity index (χ4n) is 2.74. The van der Waals surface area contributed by atoms with Gasteiger partial charge in [-0.3, -0.25) is 4.57 Å². The minimum atomic E-state index is 0.476. The first-order valence-electron chi connectivity index (χ1n) is 8.77. The number of methoxy groups -OCH3 is 1. The molecule has 0 radical (unpaired) electrons. The summed E-state index contributed by atoms with van der Waals surface area (Å²) in [6.45, 7) is 1.91. The Balaban J connectivity index is 1.50. The fraction of sp³-hybridized carbons (Fsp3) is 0.143. The second-order valence-electron chi connectivity index (χ2n) is 6.09. The van der Waals surface area contributed by atoms with Gasteiger partial charge in [-0.25, -0.2) is 0 Å². The molecule has 8 heteroatoms. The molecule has 0 aliphatic carbocycles. The van der Waals surface area contributed by atoms with Crippen molar-refractivity contribution >= 4 is 11.8 Å². The maximum atomic E-state index is 5.39. The molecular formula is C21H17N5O2S. The van der Waals surface area contributed by atoms with Gasteiger partial charge in [0.15, 0.2) is 5.16 Å². The zero-order chi connectivity index (χ0) is 20.2. The maximum absolute atomic E-state index is 5.39. The summed E-state index contributed by atoms with van der Waals surface area (Å²) in [4.78, 5) is 4.46. The summed E-state index contributed by atoms with van der Waals surface area (Å²) in [5, 5.41) is 13.3. The number of ether oxygens (including phenoxy) is 1. The van der Waals surface area contributed by atoms with E-state index in [1.54, 1.807) is 7.11 Å². The normalized spacial score (nSPS) is 10.7. The molecule has 0 unspecified atom stereocenters. The lowest BCUT2D eigenvalue weighted by Gasteiger charge is -2.08. The second kappa shape index (κ2) is 8.20. The molecule has 0 bridgehead atoms. The lowest BCUT2D eigenvalue weighted by Crippen LogP contribution is -1.99. The number of nitrogens with zero attached hydrogens (tertiary/aromatic N) is 5. The van der Waals surface area contributed by atoms with Gasteiger partial charge in [-0.2, -0.15) is 4.98 Å². The molecule has 2 aromatic heterocycles. The van der Waals surface area contributed by atoms with Crippen molar-refractivity contribution in [3.05, 3.63) is 65.8 Å². The van der Waals surface area contributed by atoms with Crippen LogP contribution in [-0.2, 0) is 5.75 Å². The third-order valence-electron chi connectivity index (χ3n) is 4.23. The van der Waals surface area contributed by atoms with Gasteiger partial charge >= 0.3 is 0 Å². The standard InChI is InChI=1S/C21H17N5O2S/c1-4-15-5-7-16(8-6-15)20-22-19(28-25-20)13-29-21-24-23-14(2)26(21)17-9-11-18(27-3)12-10-17/h1,5-12H,13H2,2-3H3. The van der Waals surface area contributed by atoms with Gasteiger partial charge in [-0.05, 0) is 55.5 Å². The molecule has 0 atom stereocenters. The van der Waals surface area contributed by atoms with Crippen LogP contribution in [0.1, 0.15) is 17.3 Å². The van der Waals surface area contributed by atoms with Crippen molar-refractivity contribution in [3.8, 4) is 35.2 Å². The number of aromatic nitrogens is 5. The molecule has 0 spiro atoms. The predicted octanol–water partition coefficient (Wildman–Crippen LogP) is 3.91. The van der Waals surface area contributed by atoms with E-state index in [1.807, 2.05) is 60.0 Å². The Bertz CT molecular complexity index is 1160. The van der Waals surface area contributed by atoms with Crippen LogP contribution in [0.2, 0.25) is 0 Å². The van der Waals surface area contributed by atoms with E-state index < -0.39 is 0 Å². The third kappa shape index (κ3) is 4.00. The van der Waals surface area contributed by atoms with Crippen molar-refractivity contribution in [3.63, 3.8) is 0 Å². The molecule has 0 saturated heterocycles. The Morgan fingerprint density at radius 3 is 2.55 bits per heavy atom. The first kappa shape index (κ1) is 18.8. The highest BCUT2D eigenvalue weighted by atomic mass is 32.2. The van der Waals surface area contributed by atoms with Gasteiger partial charge in [0.05, 0.1) is 12.9 Å². The zero-order valence-corrected chi connectivity index (χ0v) is 16.7. The number of thioether (sulfide) groups is 1. The van der Waals surface area contributed by atoms with E-state index in [-0.39, 0.29) is 0 Å².